The van der Waals surface area contributed by atoms with Crippen LogP contribution in [0.4, 0.5) is 10.1 Å². The van der Waals surface area contributed by atoms with E-state index in [4.69, 9.17) is 9.47 Å². The van der Waals surface area contributed by atoms with Crippen molar-refractivity contribution in [1.29, 1.82) is 0 Å². The van der Waals surface area contributed by atoms with E-state index in [-0.39, 0.29) is 24.3 Å². The van der Waals surface area contributed by atoms with Gasteiger partial charge in [-0.05, 0) is 61.9 Å². The third kappa shape index (κ3) is 5.94. The molecule has 7 nitrogen and oxygen atoms in total. The zero-order valence-electron chi connectivity index (χ0n) is 19.4. The molecule has 2 aromatic rings. The SMILES string of the molecule is COC(=O)c1cccc(N2CCN(CCCCNC(=O)C3=Cc4cc(F)ccc4OC3)CC2)c1. The standard InChI is InChI=1S/C26H30FN3O4/c1-33-26(32)19-5-4-6-23(17-19)30-13-11-29(12-14-30)10-3-2-9-28-25(31)21-15-20-16-22(27)7-8-24(20)34-18-21/h4-8,15-17H,2-3,9-14,18H2,1H3,(H,28,31). The maximum Gasteiger partial charge on any atom is 0.337 e. The van der Waals surface area contributed by atoms with Crippen LogP contribution < -0.4 is 15.0 Å². The number of fused-ring (bicyclic) bond motifs is 1. The van der Waals surface area contributed by atoms with E-state index in [0.29, 0.717) is 29.0 Å². The van der Waals surface area contributed by atoms with Crippen molar-refractivity contribution in [2.75, 3.05) is 57.9 Å². The number of nitrogens with one attached hydrogen (secondary N) is 1. The van der Waals surface area contributed by atoms with Gasteiger partial charge in [0.2, 0.25) is 0 Å². The van der Waals surface area contributed by atoms with Crippen molar-refractivity contribution >= 4 is 23.6 Å². The minimum atomic E-state index is -0.351. The number of carbonyl (C=O) groups excluding carboxylic acids is 2. The molecule has 1 N–H and O–H groups in total. The van der Waals surface area contributed by atoms with E-state index in [2.05, 4.69) is 15.1 Å². The summed E-state index contributed by atoms with van der Waals surface area (Å²) in [5.41, 5.74) is 2.70. The number of piperazine rings is 1. The summed E-state index contributed by atoms with van der Waals surface area (Å²) < 4.78 is 23.8. The van der Waals surface area contributed by atoms with Gasteiger partial charge in [0.25, 0.3) is 5.91 Å². The lowest BCUT2D eigenvalue weighted by Crippen LogP contribution is -2.46. The molecule has 0 atom stereocenters. The predicted octanol–water partition coefficient (Wildman–Crippen LogP) is 3.11. The van der Waals surface area contributed by atoms with Gasteiger partial charge >= 0.3 is 5.97 Å². The van der Waals surface area contributed by atoms with Gasteiger partial charge in [0, 0.05) is 44.0 Å². The highest BCUT2D eigenvalue weighted by atomic mass is 19.1. The molecule has 0 radical (unpaired) electrons. The van der Waals surface area contributed by atoms with Crippen LogP contribution in [0.3, 0.4) is 0 Å². The number of halogens is 1. The van der Waals surface area contributed by atoms with E-state index in [9.17, 15) is 14.0 Å². The zero-order chi connectivity index (χ0) is 23.9. The van der Waals surface area contributed by atoms with Gasteiger partial charge < -0.3 is 19.7 Å². The van der Waals surface area contributed by atoms with Gasteiger partial charge in [0.1, 0.15) is 18.2 Å². The molecule has 0 bridgehead atoms. The highest BCUT2D eigenvalue weighted by Crippen LogP contribution is 2.27. The normalized spacial score (nSPS) is 15.7. The number of nitrogens with zero attached hydrogens (tertiary/aromatic N) is 2. The molecule has 0 aromatic heterocycles. The van der Waals surface area contributed by atoms with E-state index in [1.54, 1.807) is 18.2 Å². The van der Waals surface area contributed by atoms with E-state index < -0.39 is 0 Å². The Balaban J connectivity index is 1.15. The number of hydrogen-bond acceptors (Lipinski definition) is 6. The minimum absolute atomic E-state index is 0.169. The average molecular weight is 468 g/mol. The van der Waals surface area contributed by atoms with Crippen LogP contribution in [0.1, 0.15) is 28.8 Å². The molecule has 34 heavy (non-hydrogen) atoms. The third-order valence-corrected chi connectivity index (χ3v) is 6.17. The Hall–Kier alpha value is -3.39. The summed E-state index contributed by atoms with van der Waals surface area (Å²) in [5, 5.41) is 2.94. The summed E-state index contributed by atoms with van der Waals surface area (Å²) in [6.45, 7) is 5.47. The number of hydrogen-bond donors (Lipinski definition) is 1. The highest BCUT2D eigenvalue weighted by molar-refractivity contribution is 5.99. The Morgan fingerprint density at radius 3 is 2.71 bits per heavy atom. The quantitative estimate of drug-likeness (QED) is 0.475. The summed E-state index contributed by atoms with van der Waals surface area (Å²) in [4.78, 5) is 28.9. The van der Waals surface area contributed by atoms with Gasteiger partial charge in [0.05, 0.1) is 18.2 Å². The number of esters is 1. The summed E-state index contributed by atoms with van der Waals surface area (Å²) in [5.74, 6) is -0.249. The van der Waals surface area contributed by atoms with Crippen molar-refractivity contribution in [1.82, 2.24) is 10.2 Å². The van der Waals surface area contributed by atoms with Gasteiger partial charge in [-0.3, -0.25) is 9.69 Å². The van der Waals surface area contributed by atoms with Gasteiger partial charge in [-0.2, -0.15) is 0 Å². The summed E-state index contributed by atoms with van der Waals surface area (Å²) in [7, 11) is 1.39. The van der Waals surface area contributed by atoms with E-state index in [1.807, 2.05) is 18.2 Å². The second-order valence-corrected chi connectivity index (χ2v) is 8.47. The zero-order valence-corrected chi connectivity index (χ0v) is 19.4. The van der Waals surface area contributed by atoms with Crippen molar-refractivity contribution < 1.29 is 23.5 Å². The van der Waals surface area contributed by atoms with Crippen molar-refractivity contribution in [3.05, 3.63) is 65.0 Å². The largest absolute Gasteiger partial charge is 0.488 e. The number of unbranched alkanes of at least 4 members (excludes halogenated alkanes) is 1. The van der Waals surface area contributed by atoms with Crippen LogP contribution >= 0.6 is 0 Å². The maximum absolute atomic E-state index is 13.4. The van der Waals surface area contributed by atoms with Gasteiger partial charge in [-0.25, -0.2) is 9.18 Å². The van der Waals surface area contributed by atoms with E-state index >= 15 is 0 Å². The fraction of sp³-hybridized carbons (Fsp3) is 0.385. The first kappa shape index (κ1) is 23.8. The second-order valence-electron chi connectivity index (χ2n) is 8.47. The molecule has 0 aliphatic carbocycles. The first-order valence-corrected chi connectivity index (χ1v) is 11.6. The molecule has 1 fully saturated rings. The molecule has 0 saturated carbocycles. The van der Waals surface area contributed by atoms with E-state index in [0.717, 1.165) is 51.3 Å². The molecular formula is C26H30FN3O4. The van der Waals surface area contributed by atoms with Crippen molar-refractivity contribution in [3.63, 3.8) is 0 Å². The first-order valence-electron chi connectivity index (χ1n) is 11.6. The summed E-state index contributed by atoms with van der Waals surface area (Å²) >= 11 is 0. The van der Waals surface area contributed by atoms with Crippen LogP contribution in [-0.2, 0) is 9.53 Å². The first-order chi connectivity index (χ1) is 16.5. The lowest BCUT2D eigenvalue weighted by atomic mass is 10.1. The molecular weight excluding hydrogens is 437 g/mol. The number of carbonyl (C=O) groups is 2. The van der Waals surface area contributed by atoms with Crippen LogP contribution in [0, 0.1) is 5.82 Å². The van der Waals surface area contributed by atoms with Crippen molar-refractivity contribution in [3.8, 4) is 5.75 Å². The monoisotopic (exact) mass is 467 g/mol. The van der Waals surface area contributed by atoms with Gasteiger partial charge in [0.15, 0.2) is 0 Å². The smallest absolute Gasteiger partial charge is 0.337 e. The van der Waals surface area contributed by atoms with Crippen molar-refractivity contribution in [2.45, 2.75) is 12.8 Å². The topological polar surface area (TPSA) is 71.1 Å². The molecule has 0 spiro atoms. The van der Waals surface area contributed by atoms with Crippen LogP contribution in [0.15, 0.2) is 48.0 Å². The molecule has 1 amide bonds. The Bertz CT molecular complexity index is 1060. The average Bonchev–Trinajstić information content (AvgIpc) is 2.87. The second kappa shape index (κ2) is 11.2. The highest BCUT2D eigenvalue weighted by Gasteiger charge is 2.19. The number of benzene rings is 2. The summed E-state index contributed by atoms with van der Waals surface area (Å²) in [6, 6.07) is 11.8. The molecule has 1 saturated heterocycles. The molecule has 0 unspecified atom stereocenters. The fourth-order valence-corrected chi connectivity index (χ4v) is 4.23. The molecule has 180 valence electrons. The van der Waals surface area contributed by atoms with Crippen LogP contribution in [0.2, 0.25) is 0 Å². The predicted molar refractivity (Wildman–Crippen MR) is 129 cm³/mol. The molecule has 8 heteroatoms. The Morgan fingerprint density at radius 1 is 1.09 bits per heavy atom. The van der Waals surface area contributed by atoms with Gasteiger partial charge in [-0.15, -0.1) is 0 Å². The van der Waals surface area contributed by atoms with Crippen molar-refractivity contribution in [2.24, 2.45) is 0 Å². The lowest BCUT2D eigenvalue weighted by molar-refractivity contribution is -0.117. The Kier molecular flexibility index (Phi) is 7.80. The third-order valence-electron chi connectivity index (χ3n) is 6.17. The number of amides is 1. The van der Waals surface area contributed by atoms with Crippen LogP contribution in [-0.4, -0.2) is 69.8 Å². The van der Waals surface area contributed by atoms with Crippen LogP contribution in [0.5, 0.6) is 5.75 Å². The maximum atomic E-state index is 13.4. The lowest BCUT2D eigenvalue weighted by Gasteiger charge is -2.36. The Labute approximate surface area is 199 Å². The fourth-order valence-electron chi connectivity index (χ4n) is 4.23. The number of rotatable bonds is 8. The Morgan fingerprint density at radius 2 is 1.91 bits per heavy atom. The van der Waals surface area contributed by atoms with E-state index in [1.165, 1.54) is 19.2 Å². The molecule has 2 aromatic carbocycles. The number of ether oxygens (including phenoxy) is 2. The minimum Gasteiger partial charge on any atom is -0.488 e. The number of methoxy groups -OCH3 is 1. The molecule has 2 aliphatic rings. The summed E-state index contributed by atoms with van der Waals surface area (Å²) in [6.07, 6.45) is 3.56. The molecule has 2 heterocycles. The molecule has 2 aliphatic heterocycles. The van der Waals surface area contributed by atoms with Gasteiger partial charge in [-0.1, -0.05) is 6.07 Å². The molecule has 4 rings (SSSR count). The number of anilines is 1. The van der Waals surface area contributed by atoms with Crippen LogP contribution in [0.25, 0.3) is 6.08 Å².